The van der Waals surface area contributed by atoms with Crippen LogP contribution in [0.3, 0.4) is 0 Å². The van der Waals surface area contributed by atoms with Crippen molar-refractivity contribution in [1.29, 1.82) is 0 Å². The summed E-state index contributed by atoms with van der Waals surface area (Å²) in [4.78, 5) is 12.3. The molecule has 3 atom stereocenters. The number of carbonyl (C=O) groups is 1. The van der Waals surface area contributed by atoms with Crippen LogP contribution in [0.5, 0.6) is 0 Å². The molecule has 1 fully saturated rings. The van der Waals surface area contributed by atoms with Gasteiger partial charge in [0.2, 0.25) is 0 Å². The standard InChI is InChI=1S/C8H14NO/c1-6(9(2)3)8-4-7(8)5-10/h5-8H,1,4H2,2-3H3. The molecule has 1 radical (unpaired) electrons. The molecule has 0 aliphatic heterocycles. The van der Waals surface area contributed by atoms with Gasteiger partial charge in [0.05, 0.1) is 0 Å². The molecule has 0 aromatic heterocycles. The van der Waals surface area contributed by atoms with Crippen molar-refractivity contribution in [2.24, 2.45) is 11.8 Å². The first-order valence-electron chi connectivity index (χ1n) is 3.61. The first kappa shape index (κ1) is 7.73. The van der Waals surface area contributed by atoms with Gasteiger partial charge in [-0.25, -0.2) is 0 Å². The molecule has 0 aromatic carbocycles. The summed E-state index contributed by atoms with van der Waals surface area (Å²) >= 11 is 0. The van der Waals surface area contributed by atoms with E-state index in [0.29, 0.717) is 17.9 Å². The molecule has 1 rings (SSSR count). The second-order valence-corrected chi connectivity index (χ2v) is 3.23. The zero-order valence-corrected chi connectivity index (χ0v) is 6.58. The zero-order chi connectivity index (χ0) is 7.72. The maximum absolute atomic E-state index is 10.3. The van der Waals surface area contributed by atoms with Crippen LogP contribution < -0.4 is 0 Å². The highest BCUT2D eigenvalue weighted by Gasteiger charge is 2.41. The van der Waals surface area contributed by atoms with Gasteiger partial charge < -0.3 is 9.69 Å². The number of hydrogen-bond acceptors (Lipinski definition) is 2. The summed E-state index contributed by atoms with van der Waals surface area (Å²) in [7, 11) is 4.00. The van der Waals surface area contributed by atoms with Crippen LogP contribution in [-0.4, -0.2) is 31.3 Å². The van der Waals surface area contributed by atoms with E-state index >= 15 is 0 Å². The average molecular weight is 140 g/mol. The zero-order valence-electron chi connectivity index (χ0n) is 6.58. The van der Waals surface area contributed by atoms with Crippen molar-refractivity contribution in [3.63, 3.8) is 0 Å². The van der Waals surface area contributed by atoms with Crippen molar-refractivity contribution < 1.29 is 4.79 Å². The molecule has 0 N–H and O–H groups in total. The average Bonchev–Trinajstić information content (AvgIpc) is 2.64. The molecular formula is C8H14NO. The van der Waals surface area contributed by atoms with E-state index in [4.69, 9.17) is 0 Å². The number of carbonyl (C=O) groups excluding carboxylic acids is 1. The fourth-order valence-corrected chi connectivity index (χ4v) is 1.22. The molecule has 2 heteroatoms. The SMILES string of the molecule is [CH2]C(C1CC1C=O)N(C)C. The van der Waals surface area contributed by atoms with Crippen molar-refractivity contribution in [1.82, 2.24) is 4.90 Å². The molecule has 0 spiro atoms. The lowest BCUT2D eigenvalue weighted by atomic mass is 10.2. The van der Waals surface area contributed by atoms with Crippen molar-refractivity contribution in [2.75, 3.05) is 14.1 Å². The van der Waals surface area contributed by atoms with Gasteiger partial charge in [0.15, 0.2) is 0 Å². The second-order valence-electron chi connectivity index (χ2n) is 3.23. The Morgan fingerprint density at radius 2 is 2.30 bits per heavy atom. The molecule has 2 nitrogen and oxygen atoms in total. The summed E-state index contributed by atoms with van der Waals surface area (Å²) in [6, 6.07) is 0.315. The van der Waals surface area contributed by atoms with E-state index in [1.807, 2.05) is 14.1 Å². The van der Waals surface area contributed by atoms with Gasteiger partial charge in [0, 0.05) is 12.0 Å². The lowest BCUT2D eigenvalue weighted by Crippen LogP contribution is -2.27. The monoisotopic (exact) mass is 140 g/mol. The molecule has 0 amide bonds. The number of rotatable bonds is 3. The number of nitrogens with zero attached hydrogens (tertiary/aromatic N) is 1. The highest BCUT2D eigenvalue weighted by molar-refractivity contribution is 5.58. The summed E-state index contributed by atoms with van der Waals surface area (Å²) in [5, 5.41) is 0. The van der Waals surface area contributed by atoms with Crippen molar-refractivity contribution in [3.05, 3.63) is 6.92 Å². The minimum atomic E-state index is 0.296. The largest absolute Gasteiger partial charge is 0.306 e. The Kier molecular flexibility index (Phi) is 2.09. The third-order valence-electron chi connectivity index (χ3n) is 2.22. The van der Waals surface area contributed by atoms with Crippen molar-refractivity contribution in [3.8, 4) is 0 Å². The Bertz CT molecular complexity index is 133. The summed E-state index contributed by atoms with van der Waals surface area (Å²) in [6.45, 7) is 3.96. The molecule has 0 aromatic rings. The van der Waals surface area contributed by atoms with Gasteiger partial charge in [-0.15, -0.1) is 0 Å². The lowest BCUT2D eigenvalue weighted by Gasteiger charge is -2.18. The molecule has 1 aliphatic rings. The maximum atomic E-state index is 10.3. The first-order valence-corrected chi connectivity index (χ1v) is 3.61. The summed E-state index contributed by atoms with van der Waals surface area (Å²) < 4.78 is 0. The molecule has 10 heavy (non-hydrogen) atoms. The van der Waals surface area contributed by atoms with Crippen LogP contribution in [0.1, 0.15) is 6.42 Å². The Morgan fingerprint density at radius 1 is 1.70 bits per heavy atom. The van der Waals surface area contributed by atoms with Crippen molar-refractivity contribution in [2.45, 2.75) is 12.5 Å². The topological polar surface area (TPSA) is 20.3 Å². The summed E-state index contributed by atoms with van der Waals surface area (Å²) in [5.74, 6) is 0.817. The van der Waals surface area contributed by atoms with Gasteiger partial charge in [-0.2, -0.15) is 0 Å². The predicted molar refractivity (Wildman–Crippen MR) is 40.5 cm³/mol. The van der Waals surface area contributed by atoms with Gasteiger partial charge in [-0.3, -0.25) is 0 Å². The minimum absolute atomic E-state index is 0.296. The van der Waals surface area contributed by atoms with E-state index in [0.717, 1.165) is 12.7 Å². The molecular weight excluding hydrogens is 126 g/mol. The van der Waals surface area contributed by atoms with Crippen LogP contribution in [0.25, 0.3) is 0 Å². The number of hydrogen-bond donors (Lipinski definition) is 0. The normalized spacial score (nSPS) is 34.0. The maximum Gasteiger partial charge on any atom is 0.123 e. The van der Waals surface area contributed by atoms with E-state index < -0.39 is 0 Å². The highest BCUT2D eigenvalue weighted by Crippen LogP contribution is 2.40. The molecule has 1 saturated carbocycles. The molecule has 3 unspecified atom stereocenters. The minimum Gasteiger partial charge on any atom is -0.306 e. The van der Waals surface area contributed by atoms with Gasteiger partial charge >= 0.3 is 0 Å². The molecule has 1 aliphatic carbocycles. The summed E-state index contributed by atoms with van der Waals surface area (Å²) in [6.07, 6.45) is 2.09. The van der Waals surface area contributed by atoms with E-state index in [1.165, 1.54) is 0 Å². The van der Waals surface area contributed by atoms with Crippen LogP contribution in [0.2, 0.25) is 0 Å². The Hall–Kier alpha value is -0.370. The highest BCUT2D eigenvalue weighted by atomic mass is 16.1. The van der Waals surface area contributed by atoms with Crippen LogP contribution in [0.15, 0.2) is 0 Å². The number of aldehydes is 1. The van der Waals surface area contributed by atoms with Gasteiger partial charge in [-0.1, -0.05) is 0 Å². The third-order valence-corrected chi connectivity index (χ3v) is 2.22. The summed E-state index contributed by atoms with van der Waals surface area (Å²) in [5.41, 5.74) is 0. The van der Waals surface area contributed by atoms with Gasteiger partial charge in [0.25, 0.3) is 0 Å². The quantitative estimate of drug-likeness (QED) is 0.535. The van der Waals surface area contributed by atoms with Crippen LogP contribution in [-0.2, 0) is 4.79 Å². The van der Waals surface area contributed by atoms with Crippen LogP contribution in [0.4, 0.5) is 0 Å². The fourth-order valence-electron chi connectivity index (χ4n) is 1.22. The molecule has 0 heterocycles. The molecule has 57 valence electrons. The molecule has 0 saturated heterocycles. The van der Waals surface area contributed by atoms with E-state index in [9.17, 15) is 4.79 Å². The third kappa shape index (κ3) is 1.37. The van der Waals surface area contributed by atoms with E-state index in [1.54, 1.807) is 0 Å². The van der Waals surface area contributed by atoms with Crippen LogP contribution >= 0.6 is 0 Å². The first-order chi connectivity index (χ1) is 4.66. The Labute approximate surface area is 62.2 Å². The smallest absolute Gasteiger partial charge is 0.123 e. The fraction of sp³-hybridized carbons (Fsp3) is 0.750. The molecule has 0 bridgehead atoms. The Morgan fingerprint density at radius 3 is 2.60 bits per heavy atom. The lowest BCUT2D eigenvalue weighted by molar-refractivity contribution is -0.109. The Balaban J connectivity index is 2.32. The van der Waals surface area contributed by atoms with Gasteiger partial charge in [0.1, 0.15) is 6.29 Å². The van der Waals surface area contributed by atoms with Crippen molar-refractivity contribution >= 4 is 6.29 Å². The van der Waals surface area contributed by atoms with Crippen LogP contribution in [0, 0.1) is 18.8 Å². The predicted octanol–water partition coefficient (Wildman–Crippen LogP) is 0.586. The second kappa shape index (κ2) is 2.70. The van der Waals surface area contributed by atoms with E-state index in [2.05, 4.69) is 11.8 Å². The van der Waals surface area contributed by atoms with Gasteiger partial charge in [-0.05, 0) is 33.4 Å². The van der Waals surface area contributed by atoms with E-state index in [-0.39, 0.29) is 0 Å².